The highest BCUT2D eigenvalue weighted by atomic mass is 16.5. The van der Waals surface area contributed by atoms with Gasteiger partial charge in [0.05, 0.1) is 11.7 Å². The van der Waals surface area contributed by atoms with E-state index in [1.165, 1.54) is 0 Å². The average molecular weight is 292 g/mol. The van der Waals surface area contributed by atoms with E-state index in [-0.39, 0.29) is 18.1 Å². The van der Waals surface area contributed by atoms with Gasteiger partial charge in [-0.2, -0.15) is 0 Å². The largest absolute Gasteiger partial charge is 0.490 e. The minimum Gasteiger partial charge on any atom is -0.490 e. The summed E-state index contributed by atoms with van der Waals surface area (Å²) in [6, 6.07) is 7.55. The molecule has 1 aromatic rings. The van der Waals surface area contributed by atoms with Crippen molar-refractivity contribution in [3.63, 3.8) is 0 Å². The lowest BCUT2D eigenvalue weighted by Crippen LogP contribution is -2.37. The number of likely N-dealkylation sites (N-methyl/N-ethyl adjacent to an activating group) is 1. The van der Waals surface area contributed by atoms with Crippen LogP contribution in [-0.2, 0) is 4.74 Å². The summed E-state index contributed by atoms with van der Waals surface area (Å²) in [5.41, 5.74) is 0.568. The van der Waals surface area contributed by atoms with Gasteiger partial charge < -0.3 is 20.1 Å². The Kier molecular flexibility index (Phi) is 6.02. The van der Waals surface area contributed by atoms with Crippen molar-refractivity contribution in [2.75, 3.05) is 26.8 Å². The van der Waals surface area contributed by atoms with Crippen LogP contribution in [0.4, 0.5) is 0 Å². The van der Waals surface area contributed by atoms with Crippen LogP contribution in [0.25, 0.3) is 0 Å². The molecular formula is C16H24N2O3. The fourth-order valence-electron chi connectivity index (χ4n) is 2.18. The molecule has 1 aromatic carbocycles. The van der Waals surface area contributed by atoms with Crippen LogP contribution in [0.2, 0.25) is 0 Å². The van der Waals surface area contributed by atoms with Gasteiger partial charge in [0, 0.05) is 19.2 Å². The second-order valence-electron chi connectivity index (χ2n) is 5.34. The highest BCUT2D eigenvalue weighted by Gasteiger charge is 2.18. The summed E-state index contributed by atoms with van der Waals surface area (Å²) >= 11 is 0. The van der Waals surface area contributed by atoms with Gasteiger partial charge in [0.15, 0.2) is 0 Å². The first kappa shape index (κ1) is 15.8. The number of amides is 1. The van der Waals surface area contributed by atoms with Gasteiger partial charge in [-0.1, -0.05) is 12.1 Å². The van der Waals surface area contributed by atoms with Gasteiger partial charge in [-0.3, -0.25) is 4.79 Å². The van der Waals surface area contributed by atoms with Crippen LogP contribution in [0, 0.1) is 0 Å². The van der Waals surface area contributed by atoms with Crippen LogP contribution in [0.5, 0.6) is 5.75 Å². The Morgan fingerprint density at radius 2 is 2.29 bits per heavy atom. The molecule has 1 aliphatic rings. The summed E-state index contributed by atoms with van der Waals surface area (Å²) in [4.78, 5) is 12.2. The highest BCUT2D eigenvalue weighted by Crippen LogP contribution is 2.20. The predicted octanol–water partition coefficient (Wildman–Crippen LogP) is 1.58. The number of benzene rings is 1. The second kappa shape index (κ2) is 8.00. The maximum atomic E-state index is 12.2. The monoisotopic (exact) mass is 292 g/mol. The molecule has 1 saturated heterocycles. The normalized spacial score (nSPS) is 19.2. The first-order valence-corrected chi connectivity index (χ1v) is 7.49. The standard InChI is InChI=1S/C16H24N2O3/c1-12(17-2)10-18-16(19)14-7-3-4-8-15(14)21-11-13-6-5-9-20-13/h3-4,7-8,12-13,17H,5-6,9-11H2,1-2H3,(H,18,19). The zero-order valence-electron chi connectivity index (χ0n) is 12.7. The Labute approximate surface area is 126 Å². The summed E-state index contributed by atoms with van der Waals surface area (Å²) in [6.45, 7) is 3.89. The Hall–Kier alpha value is -1.59. The van der Waals surface area contributed by atoms with Gasteiger partial charge in [0.25, 0.3) is 5.91 Å². The third-order valence-corrected chi connectivity index (χ3v) is 3.64. The van der Waals surface area contributed by atoms with Gasteiger partial charge in [-0.25, -0.2) is 0 Å². The van der Waals surface area contributed by atoms with Crippen LogP contribution >= 0.6 is 0 Å². The third kappa shape index (κ3) is 4.72. The molecule has 116 valence electrons. The van der Waals surface area contributed by atoms with Crippen LogP contribution in [-0.4, -0.2) is 44.9 Å². The van der Waals surface area contributed by atoms with Crippen molar-refractivity contribution >= 4 is 5.91 Å². The van der Waals surface area contributed by atoms with Gasteiger partial charge >= 0.3 is 0 Å². The lowest BCUT2D eigenvalue weighted by atomic mass is 10.2. The van der Waals surface area contributed by atoms with E-state index in [0.29, 0.717) is 24.5 Å². The molecule has 2 atom stereocenters. The SMILES string of the molecule is CNC(C)CNC(=O)c1ccccc1OCC1CCCO1. The fraction of sp³-hybridized carbons (Fsp3) is 0.562. The zero-order valence-corrected chi connectivity index (χ0v) is 12.7. The van der Waals surface area contributed by atoms with Crippen molar-refractivity contribution in [3.8, 4) is 5.75 Å². The maximum absolute atomic E-state index is 12.2. The fourth-order valence-corrected chi connectivity index (χ4v) is 2.18. The van der Waals surface area contributed by atoms with Crippen molar-refractivity contribution in [3.05, 3.63) is 29.8 Å². The molecule has 2 unspecified atom stereocenters. The Bertz CT molecular complexity index is 459. The van der Waals surface area contributed by atoms with Gasteiger partial charge in [0.1, 0.15) is 12.4 Å². The van der Waals surface area contributed by atoms with Crippen LogP contribution in [0.15, 0.2) is 24.3 Å². The second-order valence-corrected chi connectivity index (χ2v) is 5.34. The number of hydrogen-bond donors (Lipinski definition) is 2. The topological polar surface area (TPSA) is 59.6 Å². The molecule has 0 spiro atoms. The minimum atomic E-state index is -0.111. The molecule has 1 amide bonds. The Morgan fingerprint density at radius 3 is 3.00 bits per heavy atom. The number of hydrogen-bond acceptors (Lipinski definition) is 4. The van der Waals surface area contributed by atoms with E-state index in [1.807, 2.05) is 32.2 Å². The molecule has 0 radical (unpaired) electrons. The zero-order chi connectivity index (χ0) is 15.1. The number of para-hydroxylation sites is 1. The smallest absolute Gasteiger partial charge is 0.255 e. The molecule has 2 rings (SSSR count). The van der Waals surface area contributed by atoms with Gasteiger partial charge in [-0.15, -0.1) is 0 Å². The summed E-state index contributed by atoms with van der Waals surface area (Å²) < 4.78 is 11.3. The van der Waals surface area contributed by atoms with E-state index in [4.69, 9.17) is 9.47 Å². The Morgan fingerprint density at radius 1 is 1.48 bits per heavy atom. The Balaban J connectivity index is 1.93. The molecule has 0 aromatic heterocycles. The van der Waals surface area contributed by atoms with Crippen LogP contribution < -0.4 is 15.4 Å². The molecule has 21 heavy (non-hydrogen) atoms. The summed E-state index contributed by atoms with van der Waals surface area (Å²) in [6.07, 6.45) is 2.25. The van der Waals surface area contributed by atoms with E-state index in [2.05, 4.69) is 10.6 Å². The summed E-state index contributed by atoms with van der Waals surface area (Å²) in [7, 11) is 1.87. The molecule has 0 bridgehead atoms. The highest BCUT2D eigenvalue weighted by molar-refractivity contribution is 5.96. The molecule has 5 heteroatoms. The van der Waals surface area contributed by atoms with E-state index in [9.17, 15) is 4.79 Å². The third-order valence-electron chi connectivity index (χ3n) is 3.64. The molecule has 0 aliphatic carbocycles. The van der Waals surface area contributed by atoms with E-state index < -0.39 is 0 Å². The molecule has 1 aliphatic heterocycles. The lowest BCUT2D eigenvalue weighted by Gasteiger charge is -2.15. The molecule has 1 fully saturated rings. The van der Waals surface area contributed by atoms with E-state index in [1.54, 1.807) is 6.07 Å². The average Bonchev–Trinajstić information content (AvgIpc) is 3.04. The minimum absolute atomic E-state index is 0.111. The van der Waals surface area contributed by atoms with Crippen LogP contribution in [0.3, 0.4) is 0 Å². The number of carbonyl (C=O) groups excluding carboxylic acids is 1. The van der Waals surface area contributed by atoms with Crippen molar-refractivity contribution < 1.29 is 14.3 Å². The first-order valence-electron chi connectivity index (χ1n) is 7.49. The number of nitrogens with one attached hydrogen (secondary N) is 2. The molecule has 1 heterocycles. The van der Waals surface area contributed by atoms with Gasteiger partial charge in [-0.05, 0) is 38.9 Å². The molecule has 5 nitrogen and oxygen atoms in total. The van der Waals surface area contributed by atoms with Gasteiger partial charge in [0.2, 0.25) is 0 Å². The summed E-state index contributed by atoms with van der Waals surface area (Å²) in [5, 5.41) is 5.99. The maximum Gasteiger partial charge on any atom is 0.255 e. The molecule has 2 N–H and O–H groups in total. The first-order chi connectivity index (χ1) is 10.2. The molecular weight excluding hydrogens is 268 g/mol. The van der Waals surface area contributed by atoms with Crippen molar-refractivity contribution in [2.24, 2.45) is 0 Å². The van der Waals surface area contributed by atoms with E-state index in [0.717, 1.165) is 19.4 Å². The summed E-state index contributed by atoms with van der Waals surface area (Å²) in [5.74, 6) is 0.502. The number of ether oxygens (including phenoxy) is 2. The predicted molar refractivity (Wildman–Crippen MR) is 81.8 cm³/mol. The van der Waals surface area contributed by atoms with Crippen molar-refractivity contribution in [1.82, 2.24) is 10.6 Å². The molecule has 0 saturated carbocycles. The van der Waals surface area contributed by atoms with Crippen molar-refractivity contribution in [2.45, 2.75) is 31.9 Å². The number of carbonyl (C=O) groups is 1. The number of rotatable bonds is 7. The van der Waals surface area contributed by atoms with Crippen molar-refractivity contribution in [1.29, 1.82) is 0 Å². The van der Waals surface area contributed by atoms with E-state index >= 15 is 0 Å². The quantitative estimate of drug-likeness (QED) is 0.801. The van der Waals surface area contributed by atoms with Crippen LogP contribution in [0.1, 0.15) is 30.1 Å². The lowest BCUT2D eigenvalue weighted by molar-refractivity contribution is 0.0670.